The lowest BCUT2D eigenvalue weighted by Gasteiger charge is -2.04. The standard InChI is InChI=1S/C14H13BrN2/c15-7-8-17-13-4-2-1-3-11(13)12-9-10(16)5-6-14(12)17/h1-6,9H,7-8,16H2. The Morgan fingerprint density at radius 1 is 1.00 bits per heavy atom. The molecule has 0 aliphatic rings. The Labute approximate surface area is 108 Å². The average molecular weight is 289 g/mol. The minimum Gasteiger partial charge on any atom is -0.399 e. The summed E-state index contributed by atoms with van der Waals surface area (Å²) in [4.78, 5) is 0. The van der Waals surface area contributed by atoms with Gasteiger partial charge in [-0.05, 0) is 24.3 Å². The monoisotopic (exact) mass is 288 g/mol. The van der Waals surface area contributed by atoms with Gasteiger partial charge in [0.05, 0.1) is 0 Å². The van der Waals surface area contributed by atoms with Crippen molar-refractivity contribution in [3.63, 3.8) is 0 Å². The Kier molecular flexibility index (Phi) is 2.56. The van der Waals surface area contributed by atoms with Crippen LogP contribution >= 0.6 is 15.9 Å². The molecule has 0 spiro atoms. The van der Waals surface area contributed by atoms with Gasteiger partial charge < -0.3 is 10.3 Å². The summed E-state index contributed by atoms with van der Waals surface area (Å²) in [5.41, 5.74) is 9.22. The fourth-order valence-electron chi connectivity index (χ4n) is 2.40. The lowest BCUT2D eigenvalue weighted by Crippen LogP contribution is -1.97. The number of nitrogen functional groups attached to an aromatic ring is 1. The van der Waals surface area contributed by atoms with E-state index in [0.29, 0.717) is 0 Å². The molecule has 17 heavy (non-hydrogen) atoms. The van der Waals surface area contributed by atoms with Crippen molar-refractivity contribution in [2.45, 2.75) is 6.54 Å². The minimum absolute atomic E-state index is 0.819. The average Bonchev–Trinajstić information content (AvgIpc) is 2.65. The number of halogens is 1. The van der Waals surface area contributed by atoms with Crippen molar-refractivity contribution in [2.75, 3.05) is 11.1 Å². The van der Waals surface area contributed by atoms with E-state index in [0.717, 1.165) is 17.6 Å². The van der Waals surface area contributed by atoms with E-state index in [2.05, 4.69) is 56.9 Å². The van der Waals surface area contributed by atoms with Crippen LogP contribution < -0.4 is 5.73 Å². The summed E-state index contributed by atoms with van der Waals surface area (Å²) in [6, 6.07) is 14.6. The van der Waals surface area contributed by atoms with Crippen molar-refractivity contribution in [2.24, 2.45) is 0 Å². The molecule has 1 aromatic heterocycles. The lowest BCUT2D eigenvalue weighted by molar-refractivity contribution is 0.843. The van der Waals surface area contributed by atoms with Crippen LogP contribution in [0.1, 0.15) is 0 Å². The van der Waals surface area contributed by atoms with Crippen molar-refractivity contribution >= 4 is 43.4 Å². The van der Waals surface area contributed by atoms with Crippen LogP contribution in [0.4, 0.5) is 5.69 Å². The van der Waals surface area contributed by atoms with Crippen molar-refractivity contribution < 1.29 is 0 Å². The van der Waals surface area contributed by atoms with Gasteiger partial charge in [-0.25, -0.2) is 0 Å². The molecule has 2 nitrogen and oxygen atoms in total. The van der Waals surface area contributed by atoms with Crippen LogP contribution in [-0.2, 0) is 6.54 Å². The third-order valence-electron chi connectivity index (χ3n) is 3.10. The zero-order valence-corrected chi connectivity index (χ0v) is 10.9. The summed E-state index contributed by atoms with van der Waals surface area (Å²) < 4.78 is 2.33. The van der Waals surface area contributed by atoms with E-state index in [1.807, 2.05) is 6.07 Å². The number of para-hydroxylation sites is 1. The molecule has 0 atom stereocenters. The first-order valence-electron chi connectivity index (χ1n) is 5.63. The fraction of sp³-hybridized carbons (Fsp3) is 0.143. The van der Waals surface area contributed by atoms with E-state index >= 15 is 0 Å². The number of nitrogens with two attached hydrogens (primary N) is 1. The number of aromatic nitrogens is 1. The van der Waals surface area contributed by atoms with Crippen LogP contribution in [0.3, 0.4) is 0 Å². The summed E-state index contributed by atoms with van der Waals surface area (Å²) >= 11 is 3.51. The SMILES string of the molecule is Nc1ccc2c(c1)c1ccccc1n2CCBr. The van der Waals surface area contributed by atoms with Gasteiger partial charge in [0.15, 0.2) is 0 Å². The number of nitrogens with zero attached hydrogens (tertiary/aromatic N) is 1. The van der Waals surface area contributed by atoms with E-state index in [-0.39, 0.29) is 0 Å². The molecule has 3 rings (SSSR count). The lowest BCUT2D eigenvalue weighted by atomic mass is 10.1. The van der Waals surface area contributed by atoms with Gasteiger partial charge in [-0.2, -0.15) is 0 Å². The summed E-state index contributed by atoms with van der Waals surface area (Å²) in [6.45, 7) is 0.966. The van der Waals surface area contributed by atoms with E-state index in [4.69, 9.17) is 5.73 Å². The molecule has 0 fully saturated rings. The molecule has 0 saturated heterocycles. The van der Waals surface area contributed by atoms with Gasteiger partial charge >= 0.3 is 0 Å². The van der Waals surface area contributed by atoms with Gasteiger partial charge in [0, 0.05) is 39.4 Å². The topological polar surface area (TPSA) is 30.9 Å². The van der Waals surface area contributed by atoms with E-state index in [9.17, 15) is 0 Å². The Balaban J connectivity index is 2.48. The van der Waals surface area contributed by atoms with Crippen LogP contribution in [0.25, 0.3) is 21.8 Å². The Bertz CT molecular complexity index is 685. The predicted molar refractivity (Wildman–Crippen MR) is 77.7 cm³/mol. The second-order valence-corrected chi connectivity index (χ2v) is 4.93. The van der Waals surface area contributed by atoms with Crippen molar-refractivity contribution in [1.82, 2.24) is 4.57 Å². The van der Waals surface area contributed by atoms with Crippen LogP contribution in [0.2, 0.25) is 0 Å². The van der Waals surface area contributed by atoms with Crippen LogP contribution in [0.15, 0.2) is 42.5 Å². The Morgan fingerprint density at radius 2 is 1.76 bits per heavy atom. The summed E-state index contributed by atoms with van der Waals surface area (Å²) in [5, 5.41) is 3.46. The number of alkyl halides is 1. The highest BCUT2D eigenvalue weighted by molar-refractivity contribution is 9.09. The third kappa shape index (κ3) is 1.62. The maximum atomic E-state index is 5.88. The smallest absolute Gasteiger partial charge is 0.0493 e. The molecule has 0 saturated carbocycles. The number of hydrogen-bond donors (Lipinski definition) is 1. The van der Waals surface area contributed by atoms with Crippen LogP contribution in [0, 0.1) is 0 Å². The summed E-state index contributed by atoms with van der Waals surface area (Å²) in [7, 11) is 0. The molecule has 0 bridgehead atoms. The van der Waals surface area contributed by atoms with Crippen LogP contribution in [-0.4, -0.2) is 9.90 Å². The molecule has 1 heterocycles. The zero-order valence-electron chi connectivity index (χ0n) is 9.36. The van der Waals surface area contributed by atoms with E-state index in [1.165, 1.54) is 21.8 Å². The summed E-state index contributed by atoms with van der Waals surface area (Å²) in [6.07, 6.45) is 0. The Morgan fingerprint density at radius 3 is 2.59 bits per heavy atom. The van der Waals surface area contributed by atoms with Gasteiger partial charge in [0.25, 0.3) is 0 Å². The molecule has 3 heteroatoms. The van der Waals surface area contributed by atoms with Gasteiger partial charge in [-0.1, -0.05) is 34.1 Å². The first-order chi connectivity index (χ1) is 8.31. The molecule has 0 amide bonds. The zero-order chi connectivity index (χ0) is 11.8. The number of fused-ring (bicyclic) bond motifs is 3. The van der Waals surface area contributed by atoms with Gasteiger partial charge in [-0.15, -0.1) is 0 Å². The number of aryl methyl sites for hydroxylation is 1. The molecule has 2 aromatic carbocycles. The Hall–Kier alpha value is -1.48. The highest BCUT2D eigenvalue weighted by Gasteiger charge is 2.09. The predicted octanol–water partition coefficient (Wildman–Crippen LogP) is 3.77. The number of hydrogen-bond acceptors (Lipinski definition) is 1. The third-order valence-corrected chi connectivity index (χ3v) is 3.46. The van der Waals surface area contributed by atoms with Crippen LogP contribution in [0.5, 0.6) is 0 Å². The molecule has 86 valence electrons. The number of anilines is 1. The first-order valence-corrected chi connectivity index (χ1v) is 6.76. The molecule has 0 unspecified atom stereocenters. The molecular formula is C14H13BrN2. The molecule has 2 N–H and O–H groups in total. The first kappa shape index (κ1) is 10.7. The summed E-state index contributed by atoms with van der Waals surface area (Å²) in [5.74, 6) is 0. The normalized spacial score (nSPS) is 11.4. The van der Waals surface area contributed by atoms with E-state index < -0.39 is 0 Å². The van der Waals surface area contributed by atoms with Gasteiger partial charge in [0.2, 0.25) is 0 Å². The van der Waals surface area contributed by atoms with Crippen molar-refractivity contribution in [1.29, 1.82) is 0 Å². The molecular weight excluding hydrogens is 276 g/mol. The number of benzene rings is 2. The highest BCUT2D eigenvalue weighted by Crippen LogP contribution is 2.30. The quantitative estimate of drug-likeness (QED) is 0.565. The second kappa shape index (κ2) is 4.08. The molecule has 0 radical (unpaired) electrons. The highest BCUT2D eigenvalue weighted by atomic mass is 79.9. The molecule has 0 aliphatic heterocycles. The molecule has 3 aromatic rings. The maximum absolute atomic E-state index is 5.88. The van der Waals surface area contributed by atoms with Gasteiger partial charge in [0.1, 0.15) is 0 Å². The number of rotatable bonds is 2. The fourth-order valence-corrected chi connectivity index (χ4v) is 2.75. The van der Waals surface area contributed by atoms with E-state index in [1.54, 1.807) is 0 Å². The van der Waals surface area contributed by atoms with Crippen molar-refractivity contribution in [3.8, 4) is 0 Å². The maximum Gasteiger partial charge on any atom is 0.0493 e. The largest absolute Gasteiger partial charge is 0.399 e. The van der Waals surface area contributed by atoms with Crippen molar-refractivity contribution in [3.05, 3.63) is 42.5 Å². The van der Waals surface area contributed by atoms with Gasteiger partial charge in [-0.3, -0.25) is 0 Å². The molecule has 0 aliphatic carbocycles. The second-order valence-electron chi connectivity index (χ2n) is 4.13. The minimum atomic E-state index is 0.819.